The van der Waals surface area contributed by atoms with Crippen LogP contribution in [0.15, 0.2) is 70.6 Å². The Balaban J connectivity index is 1.36. The Morgan fingerprint density at radius 2 is 1.55 bits per heavy atom. The van der Waals surface area contributed by atoms with E-state index in [1.54, 1.807) is 4.90 Å². The molecule has 2 aromatic rings. The molecule has 0 saturated heterocycles. The number of halogens is 1. The number of hydrogen-bond acceptors (Lipinski definition) is 3. The molecule has 152 valence electrons. The first-order chi connectivity index (χ1) is 13.8. The van der Waals surface area contributed by atoms with Gasteiger partial charge in [0.15, 0.2) is 0 Å². The molecule has 8 heteroatoms. The van der Waals surface area contributed by atoms with Crippen molar-refractivity contribution < 1.29 is 17.6 Å². The second kappa shape index (κ2) is 7.61. The largest absolute Gasteiger partial charge is 0.331 e. The third kappa shape index (κ3) is 3.90. The molecule has 2 aromatic carbocycles. The van der Waals surface area contributed by atoms with Gasteiger partial charge < -0.3 is 10.2 Å². The average Bonchev–Trinajstić information content (AvgIpc) is 3.29. The molecule has 0 radical (unpaired) electrons. The van der Waals surface area contributed by atoms with Gasteiger partial charge in [-0.15, -0.1) is 0 Å². The molecule has 2 amide bonds. The number of urea groups is 1. The van der Waals surface area contributed by atoms with Gasteiger partial charge in [-0.2, -0.15) is 4.31 Å². The molecule has 0 aromatic heterocycles. The summed E-state index contributed by atoms with van der Waals surface area (Å²) in [6.07, 6.45) is 0. The van der Waals surface area contributed by atoms with E-state index in [4.69, 9.17) is 0 Å². The lowest BCUT2D eigenvalue weighted by Crippen LogP contribution is -2.42. The van der Waals surface area contributed by atoms with Crippen LogP contribution in [0, 0.1) is 5.82 Å². The van der Waals surface area contributed by atoms with Gasteiger partial charge in [0.05, 0.1) is 10.9 Å². The first kappa shape index (κ1) is 19.6. The molecule has 0 spiro atoms. The molecule has 6 nitrogen and oxygen atoms in total. The summed E-state index contributed by atoms with van der Waals surface area (Å²) < 4.78 is 40.0. The van der Waals surface area contributed by atoms with E-state index < -0.39 is 15.8 Å². The molecular weight excluding hydrogens is 393 g/mol. The summed E-state index contributed by atoms with van der Waals surface area (Å²) >= 11 is 0. The smallest absolute Gasteiger partial charge is 0.318 e. The fourth-order valence-corrected chi connectivity index (χ4v) is 5.15. The van der Waals surface area contributed by atoms with E-state index >= 15 is 0 Å². The molecule has 4 rings (SSSR count). The summed E-state index contributed by atoms with van der Waals surface area (Å²) in [7, 11) is -3.68. The number of benzene rings is 2. The van der Waals surface area contributed by atoms with Gasteiger partial charge in [0, 0.05) is 26.2 Å². The van der Waals surface area contributed by atoms with Crippen molar-refractivity contribution in [2.75, 3.05) is 26.2 Å². The Kier molecular flexibility index (Phi) is 5.14. The molecular formula is C21H22FN3O3S. The first-order valence-electron chi connectivity index (χ1n) is 9.40. The molecule has 2 heterocycles. The van der Waals surface area contributed by atoms with Crippen molar-refractivity contribution in [3.8, 4) is 0 Å². The van der Waals surface area contributed by atoms with Gasteiger partial charge in [0.1, 0.15) is 5.82 Å². The second-order valence-corrected chi connectivity index (χ2v) is 9.31. The summed E-state index contributed by atoms with van der Waals surface area (Å²) in [6, 6.07) is 14.3. The highest BCUT2D eigenvalue weighted by Gasteiger charge is 2.37. The number of amides is 2. The highest BCUT2D eigenvalue weighted by molar-refractivity contribution is 7.89. The highest BCUT2D eigenvalue weighted by atomic mass is 32.2. The highest BCUT2D eigenvalue weighted by Crippen LogP contribution is 2.30. The monoisotopic (exact) mass is 415 g/mol. The molecule has 0 saturated carbocycles. The lowest BCUT2D eigenvalue weighted by atomic mass is 10.1. The SMILES string of the molecule is C[C@H](NC(=O)N1CC2=C(C1)CN(S(=O)(=O)c1ccc(F)cc1)C2)c1ccccc1. The third-order valence-corrected chi connectivity index (χ3v) is 7.18. The van der Waals surface area contributed by atoms with Gasteiger partial charge in [-0.1, -0.05) is 30.3 Å². The number of hydrogen-bond donors (Lipinski definition) is 1. The Morgan fingerprint density at radius 3 is 2.14 bits per heavy atom. The fraction of sp³-hybridized carbons (Fsp3) is 0.286. The summed E-state index contributed by atoms with van der Waals surface area (Å²) in [5.74, 6) is -0.475. The van der Waals surface area contributed by atoms with Gasteiger partial charge in [-0.25, -0.2) is 17.6 Å². The van der Waals surface area contributed by atoms with E-state index in [1.807, 2.05) is 37.3 Å². The van der Waals surface area contributed by atoms with E-state index in [2.05, 4.69) is 5.32 Å². The van der Waals surface area contributed by atoms with E-state index in [1.165, 1.54) is 16.4 Å². The number of nitrogens with one attached hydrogen (secondary N) is 1. The standard InChI is InChI=1S/C21H22FN3O3S/c1-15(16-5-3-2-4-6-16)23-21(26)24-11-17-13-25(14-18(17)12-24)29(27,28)20-9-7-19(22)8-10-20/h2-10,15H,11-14H2,1H3,(H,23,26)/t15-/m0/s1. The van der Waals surface area contributed by atoms with Crippen LogP contribution >= 0.6 is 0 Å². The van der Waals surface area contributed by atoms with Crippen LogP contribution in [0.4, 0.5) is 9.18 Å². The predicted molar refractivity (Wildman–Crippen MR) is 107 cm³/mol. The Labute approximate surface area is 169 Å². The molecule has 0 bridgehead atoms. The minimum atomic E-state index is -3.68. The number of carbonyl (C=O) groups is 1. The normalized spacial score (nSPS) is 18.1. The minimum absolute atomic E-state index is 0.0753. The van der Waals surface area contributed by atoms with Gasteiger partial charge >= 0.3 is 6.03 Å². The number of rotatable bonds is 4. The van der Waals surface area contributed by atoms with Crippen LogP contribution < -0.4 is 5.32 Å². The Bertz CT molecular complexity index is 1030. The van der Waals surface area contributed by atoms with Crippen molar-refractivity contribution in [2.45, 2.75) is 17.9 Å². The zero-order valence-electron chi connectivity index (χ0n) is 16.0. The maximum Gasteiger partial charge on any atom is 0.318 e. The molecule has 0 aliphatic carbocycles. The number of carbonyl (C=O) groups excluding carboxylic acids is 1. The zero-order valence-corrected chi connectivity index (χ0v) is 16.8. The van der Waals surface area contributed by atoms with Crippen molar-refractivity contribution in [1.29, 1.82) is 0 Å². The number of sulfonamides is 1. The quantitative estimate of drug-likeness (QED) is 0.781. The van der Waals surface area contributed by atoms with Gasteiger partial charge in [-0.05, 0) is 47.9 Å². The van der Waals surface area contributed by atoms with Crippen LogP contribution in [-0.4, -0.2) is 49.8 Å². The van der Waals surface area contributed by atoms with E-state index in [0.29, 0.717) is 13.1 Å². The second-order valence-electron chi connectivity index (χ2n) is 7.37. The minimum Gasteiger partial charge on any atom is -0.331 e. The van der Waals surface area contributed by atoms with Crippen molar-refractivity contribution in [3.05, 3.63) is 77.1 Å². The molecule has 2 aliphatic heterocycles. The molecule has 0 unspecified atom stereocenters. The van der Waals surface area contributed by atoms with E-state index in [-0.39, 0.29) is 30.1 Å². The summed E-state index contributed by atoms with van der Waals surface area (Å²) in [5.41, 5.74) is 2.94. The molecule has 1 N–H and O–H groups in total. The molecule has 1 atom stereocenters. The lowest BCUT2D eigenvalue weighted by Gasteiger charge is -2.24. The summed E-state index contributed by atoms with van der Waals surface area (Å²) in [4.78, 5) is 14.4. The van der Waals surface area contributed by atoms with Crippen LogP contribution in [-0.2, 0) is 10.0 Å². The van der Waals surface area contributed by atoms with Crippen LogP contribution in [0.25, 0.3) is 0 Å². The van der Waals surface area contributed by atoms with Crippen LogP contribution in [0.2, 0.25) is 0 Å². The van der Waals surface area contributed by atoms with E-state index in [9.17, 15) is 17.6 Å². The topological polar surface area (TPSA) is 69.7 Å². The van der Waals surface area contributed by atoms with Crippen LogP contribution in [0.5, 0.6) is 0 Å². The fourth-order valence-electron chi connectivity index (χ4n) is 3.72. The van der Waals surface area contributed by atoms with Gasteiger partial charge in [0.2, 0.25) is 10.0 Å². The lowest BCUT2D eigenvalue weighted by molar-refractivity contribution is 0.205. The van der Waals surface area contributed by atoms with Crippen molar-refractivity contribution in [3.63, 3.8) is 0 Å². The molecule has 0 fully saturated rings. The average molecular weight is 415 g/mol. The zero-order chi connectivity index (χ0) is 20.6. The maximum atomic E-state index is 13.1. The Morgan fingerprint density at radius 1 is 0.966 bits per heavy atom. The third-order valence-electron chi connectivity index (χ3n) is 5.38. The number of nitrogens with zero attached hydrogens (tertiary/aromatic N) is 2. The first-order valence-corrected chi connectivity index (χ1v) is 10.8. The van der Waals surface area contributed by atoms with Crippen molar-refractivity contribution >= 4 is 16.1 Å². The summed E-state index contributed by atoms with van der Waals surface area (Å²) in [6.45, 7) is 3.28. The van der Waals surface area contributed by atoms with Crippen molar-refractivity contribution in [1.82, 2.24) is 14.5 Å². The van der Waals surface area contributed by atoms with E-state index in [0.717, 1.165) is 28.8 Å². The molecule has 2 aliphatic rings. The van der Waals surface area contributed by atoms with Gasteiger partial charge in [-0.3, -0.25) is 0 Å². The van der Waals surface area contributed by atoms with Crippen molar-refractivity contribution in [2.24, 2.45) is 0 Å². The predicted octanol–water partition coefficient (Wildman–Crippen LogP) is 2.91. The van der Waals surface area contributed by atoms with Crippen LogP contribution in [0.3, 0.4) is 0 Å². The molecule has 29 heavy (non-hydrogen) atoms. The van der Waals surface area contributed by atoms with Crippen LogP contribution in [0.1, 0.15) is 18.5 Å². The maximum absolute atomic E-state index is 13.1. The Hall–Kier alpha value is -2.71. The summed E-state index contributed by atoms with van der Waals surface area (Å²) in [5, 5.41) is 2.99. The van der Waals surface area contributed by atoms with Gasteiger partial charge in [0.25, 0.3) is 0 Å².